The lowest BCUT2D eigenvalue weighted by molar-refractivity contribution is 0.429. The second kappa shape index (κ2) is 4.56. The van der Waals surface area contributed by atoms with Gasteiger partial charge in [-0.05, 0) is 36.4 Å². The lowest BCUT2D eigenvalue weighted by Gasteiger charge is -1.95. The van der Waals surface area contributed by atoms with Crippen LogP contribution >= 0.6 is 0 Å². The van der Waals surface area contributed by atoms with E-state index in [1.165, 1.54) is 6.07 Å². The van der Waals surface area contributed by atoms with Gasteiger partial charge in [-0.1, -0.05) is 17.3 Å². The lowest BCUT2D eigenvalue weighted by atomic mass is 10.1. The smallest absolute Gasteiger partial charge is 0.261 e. The van der Waals surface area contributed by atoms with Crippen LogP contribution in [0, 0.1) is 5.82 Å². The van der Waals surface area contributed by atoms with Crippen LogP contribution < -0.4 is 0 Å². The third kappa shape index (κ3) is 1.99. The van der Waals surface area contributed by atoms with E-state index in [2.05, 4.69) is 15.1 Å². The number of nitrogens with one attached hydrogen (secondary N) is 1. The summed E-state index contributed by atoms with van der Waals surface area (Å²) in [5, 5.41) is 4.99. The van der Waals surface area contributed by atoms with Gasteiger partial charge in [-0.15, -0.1) is 0 Å². The Balaban J connectivity index is 1.78. The summed E-state index contributed by atoms with van der Waals surface area (Å²) in [6.45, 7) is 0. The Morgan fingerprint density at radius 1 is 1.05 bits per heavy atom. The number of aromatic amines is 1. The van der Waals surface area contributed by atoms with E-state index in [-0.39, 0.29) is 11.7 Å². The quantitative estimate of drug-likeness (QED) is 0.603. The standard InChI is InChI=1S/C16H10FN3O/c17-13-4-2-1-3-12(13)16-19-15(20-21-16)11-5-6-14-10(9-11)7-8-18-14/h1-9,18H. The van der Waals surface area contributed by atoms with Crippen LogP contribution in [0.15, 0.2) is 59.3 Å². The van der Waals surface area contributed by atoms with E-state index in [1.54, 1.807) is 18.2 Å². The number of hydrogen-bond donors (Lipinski definition) is 1. The highest BCUT2D eigenvalue weighted by Crippen LogP contribution is 2.26. The Kier molecular flexibility index (Phi) is 2.57. The van der Waals surface area contributed by atoms with Gasteiger partial charge in [-0.2, -0.15) is 4.98 Å². The van der Waals surface area contributed by atoms with Crippen LogP contribution in [0.2, 0.25) is 0 Å². The van der Waals surface area contributed by atoms with Crippen molar-refractivity contribution in [1.29, 1.82) is 0 Å². The van der Waals surface area contributed by atoms with E-state index in [9.17, 15) is 4.39 Å². The number of benzene rings is 2. The zero-order valence-electron chi connectivity index (χ0n) is 10.9. The molecular weight excluding hydrogens is 269 g/mol. The number of H-pyrrole nitrogens is 1. The summed E-state index contributed by atoms with van der Waals surface area (Å²) < 4.78 is 18.9. The molecule has 0 saturated carbocycles. The maximum atomic E-state index is 13.7. The molecule has 102 valence electrons. The second-order valence-electron chi connectivity index (χ2n) is 4.68. The zero-order valence-corrected chi connectivity index (χ0v) is 10.9. The van der Waals surface area contributed by atoms with Crippen molar-refractivity contribution in [3.05, 3.63) is 60.5 Å². The number of rotatable bonds is 2. The maximum absolute atomic E-state index is 13.7. The van der Waals surface area contributed by atoms with E-state index in [0.29, 0.717) is 11.4 Å². The first-order valence-corrected chi connectivity index (χ1v) is 6.47. The van der Waals surface area contributed by atoms with E-state index in [0.717, 1.165) is 16.5 Å². The molecule has 0 saturated heterocycles. The first kappa shape index (κ1) is 11.8. The molecule has 2 aromatic heterocycles. The van der Waals surface area contributed by atoms with Crippen LogP contribution in [0.5, 0.6) is 0 Å². The summed E-state index contributed by atoms with van der Waals surface area (Å²) in [5.41, 5.74) is 2.17. The molecule has 21 heavy (non-hydrogen) atoms. The minimum absolute atomic E-state index is 0.178. The average molecular weight is 279 g/mol. The Labute approximate surface area is 119 Å². The number of aromatic nitrogens is 3. The van der Waals surface area contributed by atoms with Gasteiger partial charge in [-0.25, -0.2) is 4.39 Å². The highest BCUT2D eigenvalue weighted by Gasteiger charge is 2.14. The van der Waals surface area contributed by atoms with Crippen molar-refractivity contribution >= 4 is 10.9 Å². The van der Waals surface area contributed by atoms with Crippen LogP contribution in [-0.4, -0.2) is 15.1 Å². The molecule has 2 heterocycles. The van der Waals surface area contributed by atoms with Crippen molar-refractivity contribution < 1.29 is 8.91 Å². The molecule has 4 aromatic rings. The van der Waals surface area contributed by atoms with Gasteiger partial charge >= 0.3 is 0 Å². The zero-order chi connectivity index (χ0) is 14.2. The summed E-state index contributed by atoms with van der Waals surface area (Å²) >= 11 is 0. The topological polar surface area (TPSA) is 54.7 Å². The summed E-state index contributed by atoms with van der Waals surface area (Å²) in [5.74, 6) is 0.238. The first-order valence-electron chi connectivity index (χ1n) is 6.47. The van der Waals surface area contributed by atoms with Crippen molar-refractivity contribution in [3.8, 4) is 22.8 Å². The highest BCUT2D eigenvalue weighted by molar-refractivity contribution is 5.83. The molecule has 0 amide bonds. The molecule has 0 unspecified atom stereocenters. The molecule has 4 rings (SSSR count). The fraction of sp³-hybridized carbons (Fsp3) is 0. The lowest BCUT2D eigenvalue weighted by Crippen LogP contribution is -1.84. The predicted octanol–water partition coefficient (Wildman–Crippen LogP) is 4.02. The molecule has 0 aliphatic heterocycles. The summed E-state index contributed by atoms with van der Waals surface area (Å²) in [6, 6.07) is 14.1. The monoisotopic (exact) mass is 279 g/mol. The van der Waals surface area contributed by atoms with E-state index in [1.807, 2.05) is 30.5 Å². The fourth-order valence-electron chi connectivity index (χ4n) is 2.28. The SMILES string of the molecule is Fc1ccccc1-c1nc(-c2ccc3[nH]ccc3c2)no1. The maximum Gasteiger partial charge on any atom is 0.261 e. The van der Waals surface area contributed by atoms with Gasteiger partial charge in [-0.3, -0.25) is 0 Å². The van der Waals surface area contributed by atoms with Crippen molar-refractivity contribution in [2.75, 3.05) is 0 Å². The number of fused-ring (bicyclic) bond motifs is 1. The molecule has 0 bridgehead atoms. The van der Waals surface area contributed by atoms with Gasteiger partial charge in [0.05, 0.1) is 5.56 Å². The van der Waals surface area contributed by atoms with Crippen molar-refractivity contribution in [3.63, 3.8) is 0 Å². The molecule has 5 heteroatoms. The van der Waals surface area contributed by atoms with Gasteiger partial charge in [0.15, 0.2) is 0 Å². The molecule has 0 aliphatic rings. The van der Waals surface area contributed by atoms with Gasteiger partial charge in [0.2, 0.25) is 5.82 Å². The van der Waals surface area contributed by atoms with Crippen LogP contribution in [0.25, 0.3) is 33.7 Å². The van der Waals surface area contributed by atoms with E-state index < -0.39 is 0 Å². The fourth-order valence-corrected chi connectivity index (χ4v) is 2.28. The summed E-state index contributed by atoms with van der Waals surface area (Å²) in [7, 11) is 0. The third-order valence-corrected chi connectivity index (χ3v) is 3.34. The second-order valence-corrected chi connectivity index (χ2v) is 4.68. The van der Waals surface area contributed by atoms with Crippen molar-refractivity contribution in [1.82, 2.24) is 15.1 Å². The Morgan fingerprint density at radius 3 is 2.86 bits per heavy atom. The Bertz CT molecular complexity index is 926. The average Bonchev–Trinajstić information content (AvgIpc) is 3.16. The molecule has 0 aliphatic carbocycles. The molecule has 2 aromatic carbocycles. The van der Waals surface area contributed by atoms with Crippen LogP contribution in [0.3, 0.4) is 0 Å². The van der Waals surface area contributed by atoms with Crippen LogP contribution in [-0.2, 0) is 0 Å². The molecule has 4 nitrogen and oxygen atoms in total. The Morgan fingerprint density at radius 2 is 1.95 bits per heavy atom. The molecule has 0 radical (unpaired) electrons. The van der Waals surface area contributed by atoms with E-state index >= 15 is 0 Å². The van der Waals surface area contributed by atoms with Gasteiger partial charge in [0, 0.05) is 22.7 Å². The van der Waals surface area contributed by atoms with E-state index in [4.69, 9.17) is 4.52 Å². The third-order valence-electron chi connectivity index (χ3n) is 3.34. The minimum Gasteiger partial charge on any atom is -0.361 e. The molecule has 1 N–H and O–H groups in total. The number of nitrogens with zero attached hydrogens (tertiary/aromatic N) is 2. The minimum atomic E-state index is -0.381. The molecular formula is C16H10FN3O. The van der Waals surface area contributed by atoms with Gasteiger partial charge in [0.25, 0.3) is 5.89 Å². The molecule has 0 spiro atoms. The first-order chi connectivity index (χ1) is 10.3. The largest absolute Gasteiger partial charge is 0.361 e. The summed E-state index contributed by atoms with van der Waals surface area (Å²) in [6.07, 6.45) is 1.87. The number of halogens is 1. The normalized spacial score (nSPS) is 11.1. The van der Waals surface area contributed by atoms with Gasteiger partial charge in [0.1, 0.15) is 5.82 Å². The number of hydrogen-bond acceptors (Lipinski definition) is 3. The van der Waals surface area contributed by atoms with Crippen LogP contribution in [0.1, 0.15) is 0 Å². The highest BCUT2D eigenvalue weighted by atomic mass is 19.1. The molecule has 0 fully saturated rings. The van der Waals surface area contributed by atoms with Crippen LogP contribution in [0.4, 0.5) is 4.39 Å². The van der Waals surface area contributed by atoms with Gasteiger partial charge < -0.3 is 9.51 Å². The van der Waals surface area contributed by atoms with Crippen molar-refractivity contribution in [2.45, 2.75) is 0 Å². The molecule has 0 atom stereocenters. The van der Waals surface area contributed by atoms with Crippen molar-refractivity contribution in [2.24, 2.45) is 0 Å². The summed E-state index contributed by atoms with van der Waals surface area (Å²) in [4.78, 5) is 7.40. The predicted molar refractivity (Wildman–Crippen MR) is 77.0 cm³/mol. The Hall–Kier alpha value is -2.95.